The van der Waals surface area contributed by atoms with E-state index in [2.05, 4.69) is 5.32 Å². The molecule has 0 aromatic heterocycles. The first-order chi connectivity index (χ1) is 14.7. The van der Waals surface area contributed by atoms with Crippen molar-refractivity contribution in [2.24, 2.45) is 0 Å². The van der Waals surface area contributed by atoms with Gasteiger partial charge >= 0.3 is 6.18 Å². The molecule has 4 N–H and O–H groups in total. The van der Waals surface area contributed by atoms with Crippen molar-refractivity contribution >= 4 is 38.9 Å². The molecule has 0 fully saturated rings. The number of anilines is 1. The van der Waals surface area contributed by atoms with Gasteiger partial charge < -0.3 is 20.8 Å². The highest BCUT2D eigenvalue weighted by Crippen LogP contribution is 2.34. The predicted molar refractivity (Wildman–Crippen MR) is 108 cm³/mol. The zero-order valence-electron chi connectivity index (χ0n) is 16.4. The van der Waals surface area contributed by atoms with E-state index in [1.165, 1.54) is 24.3 Å². The monoisotopic (exact) mass is 494 g/mol. The minimum absolute atomic E-state index is 0.102. The van der Waals surface area contributed by atoms with Crippen molar-refractivity contribution in [3.63, 3.8) is 0 Å². The number of sulfone groups is 1. The minimum atomic E-state index is -5.26. The van der Waals surface area contributed by atoms with Gasteiger partial charge in [-0.25, -0.2) is 8.42 Å². The molecule has 1 atom stereocenters. The van der Waals surface area contributed by atoms with E-state index in [0.717, 1.165) is 18.2 Å². The molecule has 0 saturated heterocycles. The van der Waals surface area contributed by atoms with Gasteiger partial charge in [0.05, 0.1) is 32.7 Å². The van der Waals surface area contributed by atoms with E-state index >= 15 is 0 Å². The van der Waals surface area contributed by atoms with Crippen LogP contribution in [0.3, 0.4) is 0 Å². The zero-order chi connectivity index (χ0) is 24.3. The molecule has 0 aliphatic heterocycles. The van der Waals surface area contributed by atoms with Crippen LogP contribution in [0.1, 0.15) is 17.3 Å². The maximum absolute atomic E-state index is 13.0. The molecule has 0 aliphatic carbocycles. The third-order valence-corrected chi connectivity index (χ3v) is 6.43. The second-order valence-corrected chi connectivity index (χ2v) is 8.97. The molecule has 174 valence electrons. The Morgan fingerprint density at radius 1 is 1.12 bits per heavy atom. The third-order valence-electron chi connectivity index (χ3n) is 4.31. The van der Waals surface area contributed by atoms with Gasteiger partial charge in [-0.1, -0.05) is 23.7 Å². The molecule has 0 bridgehead atoms. The summed E-state index contributed by atoms with van der Waals surface area (Å²) in [6.45, 7) is -0.201. The lowest BCUT2D eigenvalue weighted by atomic mass is 10.1. The summed E-state index contributed by atoms with van der Waals surface area (Å²) in [5.41, 5.74) is -4.27. The van der Waals surface area contributed by atoms with Crippen LogP contribution in [0.2, 0.25) is 5.02 Å². The van der Waals surface area contributed by atoms with Crippen LogP contribution < -0.4 is 10.6 Å². The first kappa shape index (κ1) is 25.6. The molecule has 0 heterocycles. The summed E-state index contributed by atoms with van der Waals surface area (Å²) in [4.78, 5) is 23.3. The Bertz CT molecular complexity index is 1140. The number of nitrogens with one attached hydrogen (secondary N) is 2. The van der Waals surface area contributed by atoms with Crippen LogP contribution in [0.5, 0.6) is 0 Å². The van der Waals surface area contributed by atoms with Gasteiger partial charge in [-0.05, 0) is 37.3 Å². The van der Waals surface area contributed by atoms with Gasteiger partial charge in [-0.3, -0.25) is 9.59 Å². The SMILES string of the molecule is CC(O)(C(=O)Nc1ccc(S(=O)(=O)c2ccccc2C(=O)NCCO)cc1Cl)C(F)(F)F. The predicted octanol–water partition coefficient (Wildman–Crippen LogP) is 2.15. The summed E-state index contributed by atoms with van der Waals surface area (Å²) >= 11 is 5.95. The van der Waals surface area contributed by atoms with Gasteiger partial charge in [0.2, 0.25) is 15.4 Å². The van der Waals surface area contributed by atoms with Gasteiger partial charge in [0.15, 0.2) is 0 Å². The van der Waals surface area contributed by atoms with Crippen LogP contribution in [0.25, 0.3) is 0 Å². The highest BCUT2D eigenvalue weighted by molar-refractivity contribution is 7.91. The molecule has 0 spiro atoms. The minimum Gasteiger partial charge on any atom is -0.395 e. The first-order valence-corrected chi connectivity index (χ1v) is 10.7. The van der Waals surface area contributed by atoms with Crippen molar-refractivity contribution < 1.29 is 41.4 Å². The van der Waals surface area contributed by atoms with E-state index in [4.69, 9.17) is 16.7 Å². The molecule has 0 saturated carbocycles. The number of aliphatic hydroxyl groups is 2. The molecule has 8 nitrogen and oxygen atoms in total. The van der Waals surface area contributed by atoms with Crippen LogP contribution in [0.15, 0.2) is 52.3 Å². The van der Waals surface area contributed by atoms with Crippen molar-refractivity contribution in [1.29, 1.82) is 0 Å². The van der Waals surface area contributed by atoms with Crippen molar-refractivity contribution in [3.05, 3.63) is 53.1 Å². The number of hydrogen-bond acceptors (Lipinski definition) is 6. The Labute approximate surface area is 185 Å². The van der Waals surface area contributed by atoms with E-state index in [1.807, 2.05) is 0 Å². The van der Waals surface area contributed by atoms with Crippen LogP contribution in [0, 0.1) is 0 Å². The van der Waals surface area contributed by atoms with E-state index < -0.39 is 43.3 Å². The number of aliphatic hydroxyl groups excluding tert-OH is 1. The van der Waals surface area contributed by atoms with Crippen molar-refractivity contribution in [3.8, 4) is 0 Å². The van der Waals surface area contributed by atoms with Gasteiger partial charge in [0.1, 0.15) is 0 Å². The number of alkyl halides is 3. The molecular formula is C19H18ClF3N2O6S. The molecule has 0 aliphatic rings. The maximum Gasteiger partial charge on any atom is 0.426 e. The topological polar surface area (TPSA) is 133 Å². The number of benzene rings is 2. The zero-order valence-corrected chi connectivity index (χ0v) is 18.0. The Morgan fingerprint density at radius 3 is 2.31 bits per heavy atom. The lowest BCUT2D eigenvalue weighted by Crippen LogP contribution is -2.52. The van der Waals surface area contributed by atoms with Crippen molar-refractivity contribution in [2.75, 3.05) is 18.5 Å². The second kappa shape index (κ2) is 9.45. The average molecular weight is 495 g/mol. The summed E-state index contributed by atoms with van der Waals surface area (Å²) < 4.78 is 64.5. The Kier molecular flexibility index (Phi) is 7.55. The average Bonchev–Trinajstić information content (AvgIpc) is 2.72. The quantitative estimate of drug-likeness (QED) is 0.466. The van der Waals surface area contributed by atoms with Crippen LogP contribution in [-0.2, 0) is 14.6 Å². The fourth-order valence-corrected chi connectivity index (χ4v) is 4.19. The largest absolute Gasteiger partial charge is 0.426 e. The lowest BCUT2D eigenvalue weighted by Gasteiger charge is -2.25. The summed E-state index contributed by atoms with van der Waals surface area (Å²) in [5.74, 6) is -2.56. The van der Waals surface area contributed by atoms with Crippen molar-refractivity contribution in [1.82, 2.24) is 5.32 Å². The maximum atomic E-state index is 13.0. The number of rotatable bonds is 7. The smallest absolute Gasteiger partial charge is 0.395 e. The van der Waals surface area contributed by atoms with Gasteiger partial charge in [0, 0.05) is 6.54 Å². The Balaban J connectivity index is 2.40. The van der Waals surface area contributed by atoms with Crippen LogP contribution >= 0.6 is 11.6 Å². The summed E-state index contributed by atoms with van der Waals surface area (Å²) in [6, 6.07) is 8.06. The van der Waals surface area contributed by atoms with Gasteiger partial charge in [-0.15, -0.1) is 0 Å². The van der Waals surface area contributed by atoms with E-state index in [-0.39, 0.29) is 36.2 Å². The molecule has 2 aromatic rings. The fraction of sp³-hybridized carbons (Fsp3) is 0.263. The molecule has 32 heavy (non-hydrogen) atoms. The van der Waals surface area contributed by atoms with Gasteiger partial charge in [-0.2, -0.15) is 13.2 Å². The molecule has 13 heteroatoms. The second-order valence-electron chi connectivity index (χ2n) is 6.64. The number of carbonyl (C=O) groups is 2. The number of carbonyl (C=O) groups excluding carboxylic acids is 2. The standard InChI is InChI=1S/C19H18ClF3N2O6S/c1-18(29,19(21,22)23)17(28)25-14-7-6-11(10-13(14)20)32(30,31)15-5-3-2-4-12(15)16(27)24-8-9-26/h2-7,10,26,29H,8-9H2,1H3,(H,24,27)(H,25,28). The van der Waals surface area contributed by atoms with Crippen LogP contribution in [-0.4, -0.2) is 55.4 Å². The number of amides is 2. The summed E-state index contributed by atoms with van der Waals surface area (Å²) in [6.07, 6.45) is -5.26. The third kappa shape index (κ3) is 5.21. The highest BCUT2D eigenvalue weighted by Gasteiger charge is 2.55. The molecule has 2 amide bonds. The lowest BCUT2D eigenvalue weighted by molar-refractivity contribution is -0.242. The Hall–Kier alpha value is -2.67. The fourth-order valence-electron chi connectivity index (χ4n) is 2.42. The first-order valence-electron chi connectivity index (χ1n) is 8.86. The number of hydrogen-bond donors (Lipinski definition) is 4. The summed E-state index contributed by atoms with van der Waals surface area (Å²) in [5, 5.41) is 22.0. The summed E-state index contributed by atoms with van der Waals surface area (Å²) in [7, 11) is -4.31. The molecule has 0 radical (unpaired) electrons. The van der Waals surface area contributed by atoms with E-state index in [9.17, 15) is 36.3 Å². The molecule has 2 aromatic carbocycles. The van der Waals surface area contributed by atoms with Crippen LogP contribution in [0.4, 0.5) is 18.9 Å². The molecular weight excluding hydrogens is 477 g/mol. The van der Waals surface area contributed by atoms with Gasteiger partial charge in [0.25, 0.3) is 11.8 Å². The Morgan fingerprint density at radius 2 is 1.75 bits per heavy atom. The normalized spacial score (nSPS) is 13.8. The van der Waals surface area contributed by atoms with E-state index in [1.54, 1.807) is 5.32 Å². The molecule has 1 unspecified atom stereocenters. The molecule has 2 rings (SSSR count). The van der Waals surface area contributed by atoms with Crippen molar-refractivity contribution in [2.45, 2.75) is 28.5 Å². The number of halogens is 4. The highest BCUT2D eigenvalue weighted by atomic mass is 35.5. The van der Waals surface area contributed by atoms with E-state index in [0.29, 0.717) is 0 Å².